The summed E-state index contributed by atoms with van der Waals surface area (Å²) in [6, 6.07) is 17.6. The maximum absolute atomic E-state index is 12.0. The Hall–Kier alpha value is -3.08. The predicted octanol–water partition coefficient (Wildman–Crippen LogP) is 2.78. The number of carbonyl (C=O) groups excluding carboxylic acids is 1. The molecule has 1 N–H and O–H groups in total. The fourth-order valence-electron chi connectivity index (χ4n) is 2.57. The van der Waals surface area contributed by atoms with E-state index in [-0.39, 0.29) is 5.91 Å². The Balaban J connectivity index is 1.44. The van der Waals surface area contributed by atoms with Gasteiger partial charge in [-0.15, -0.1) is 0 Å². The fraction of sp³-hybridized carbons (Fsp3) is 0.200. The lowest BCUT2D eigenvalue weighted by Crippen LogP contribution is -2.27. The standard InChI is InChI=1S/C20H21N3O2/c1-25-19-9-5-17(6-10-19)15-20(24)21-13-11-16-3-7-18(8-4-16)23-14-2-12-22-23/h2-10,12,14H,11,13,15H2,1H3,(H,21,24). The van der Waals surface area contributed by atoms with Crippen LogP contribution in [0.4, 0.5) is 0 Å². The summed E-state index contributed by atoms with van der Waals surface area (Å²) in [5.74, 6) is 0.820. The summed E-state index contributed by atoms with van der Waals surface area (Å²) in [5.41, 5.74) is 3.18. The lowest BCUT2D eigenvalue weighted by molar-refractivity contribution is -0.120. The van der Waals surface area contributed by atoms with Gasteiger partial charge in [0.05, 0.1) is 19.2 Å². The van der Waals surface area contributed by atoms with Gasteiger partial charge in [0.25, 0.3) is 0 Å². The van der Waals surface area contributed by atoms with E-state index in [0.717, 1.165) is 23.4 Å². The zero-order valence-corrected chi connectivity index (χ0v) is 14.2. The van der Waals surface area contributed by atoms with Crippen LogP contribution in [0.5, 0.6) is 5.75 Å². The first kappa shape index (κ1) is 16.8. The molecule has 2 aromatic carbocycles. The van der Waals surface area contributed by atoms with Crippen LogP contribution in [-0.2, 0) is 17.6 Å². The van der Waals surface area contributed by atoms with Crippen LogP contribution in [0.25, 0.3) is 5.69 Å². The molecule has 1 amide bonds. The van der Waals surface area contributed by atoms with Crippen molar-refractivity contribution in [1.82, 2.24) is 15.1 Å². The molecule has 3 rings (SSSR count). The number of aromatic nitrogens is 2. The molecule has 25 heavy (non-hydrogen) atoms. The molecular weight excluding hydrogens is 314 g/mol. The number of methoxy groups -OCH3 is 1. The number of benzene rings is 2. The van der Waals surface area contributed by atoms with E-state index >= 15 is 0 Å². The highest BCUT2D eigenvalue weighted by molar-refractivity contribution is 5.78. The number of rotatable bonds is 7. The quantitative estimate of drug-likeness (QED) is 0.722. The van der Waals surface area contributed by atoms with Gasteiger partial charge in [-0.25, -0.2) is 4.68 Å². The van der Waals surface area contributed by atoms with Gasteiger partial charge in [-0.3, -0.25) is 4.79 Å². The molecule has 0 atom stereocenters. The highest BCUT2D eigenvalue weighted by Gasteiger charge is 2.04. The van der Waals surface area contributed by atoms with Gasteiger partial charge < -0.3 is 10.1 Å². The zero-order valence-electron chi connectivity index (χ0n) is 14.2. The average Bonchev–Trinajstić information content (AvgIpc) is 3.18. The third kappa shape index (κ3) is 4.70. The number of amides is 1. The van der Waals surface area contributed by atoms with Gasteiger partial charge in [-0.1, -0.05) is 24.3 Å². The van der Waals surface area contributed by atoms with E-state index in [0.29, 0.717) is 13.0 Å². The minimum atomic E-state index is 0.0262. The molecule has 5 heteroatoms. The second kappa shape index (κ2) is 8.15. The third-order valence-corrected chi connectivity index (χ3v) is 3.96. The Kier molecular flexibility index (Phi) is 5.46. The Bertz CT molecular complexity index is 794. The lowest BCUT2D eigenvalue weighted by Gasteiger charge is -2.07. The van der Waals surface area contributed by atoms with Gasteiger partial charge in [0.1, 0.15) is 5.75 Å². The summed E-state index contributed by atoms with van der Waals surface area (Å²) in [5, 5.41) is 7.17. The molecule has 0 aliphatic rings. The summed E-state index contributed by atoms with van der Waals surface area (Å²) in [6.07, 6.45) is 4.84. The summed E-state index contributed by atoms with van der Waals surface area (Å²) in [7, 11) is 1.63. The Morgan fingerprint density at radius 1 is 1.08 bits per heavy atom. The molecule has 0 saturated carbocycles. The first-order chi connectivity index (χ1) is 12.2. The topological polar surface area (TPSA) is 56.1 Å². The molecule has 1 heterocycles. The lowest BCUT2D eigenvalue weighted by atomic mass is 10.1. The minimum absolute atomic E-state index is 0.0262. The molecule has 0 aliphatic heterocycles. The van der Waals surface area contributed by atoms with Crippen molar-refractivity contribution >= 4 is 5.91 Å². The molecule has 0 radical (unpaired) electrons. The highest BCUT2D eigenvalue weighted by Crippen LogP contribution is 2.12. The van der Waals surface area contributed by atoms with Crippen molar-refractivity contribution in [2.45, 2.75) is 12.8 Å². The monoisotopic (exact) mass is 335 g/mol. The molecule has 1 aromatic heterocycles. The van der Waals surface area contributed by atoms with Crippen molar-refractivity contribution in [1.29, 1.82) is 0 Å². The molecule has 0 fully saturated rings. The van der Waals surface area contributed by atoms with Gasteiger partial charge in [0.2, 0.25) is 5.91 Å². The van der Waals surface area contributed by atoms with Gasteiger partial charge in [-0.05, 0) is 47.9 Å². The van der Waals surface area contributed by atoms with Crippen molar-refractivity contribution in [3.63, 3.8) is 0 Å². The van der Waals surface area contributed by atoms with Crippen LogP contribution in [0, 0.1) is 0 Å². The van der Waals surface area contributed by atoms with Gasteiger partial charge in [0.15, 0.2) is 0 Å². The van der Waals surface area contributed by atoms with E-state index in [1.165, 1.54) is 5.56 Å². The second-order valence-electron chi connectivity index (χ2n) is 5.74. The van der Waals surface area contributed by atoms with Crippen LogP contribution in [0.15, 0.2) is 67.0 Å². The van der Waals surface area contributed by atoms with Crippen molar-refractivity contribution in [3.05, 3.63) is 78.1 Å². The van der Waals surface area contributed by atoms with Crippen molar-refractivity contribution in [2.75, 3.05) is 13.7 Å². The zero-order chi connectivity index (χ0) is 17.5. The van der Waals surface area contributed by atoms with Gasteiger partial charge in [0, 0.05) is 18.9 Å². The summed E-state index contributed by atoms with van der Waals surface area (Å²) in [4.78, 5) is 12.0. The summed E-state index contributed by atoms with van der Waals surface area (Å²) >= 11 is 0. The molecule has 3 aromatic rings. The first-order valence-corrected chi connectivity index (χ1v) is 8.23. The molecule has 0 aliphatic carbocycles. The maximum atomic E-state index is 12.0. The minimum Gasteiger partial charge on any atom is -0.497 e. The number of hydrogen-bond donors (Lipinski definition) is 1. The molecule has 0 saturated heterocycles. The van der Waals surface area contributed by atoms with E-state index in [9.17, 15) is 4.79 Å². The number of hydrogen-bond acceptors (Lipinski definition) is 3. The second-order valence-corrected chi connectivity index (χ2v) is 5.74. The van der Waals surface area contributed by atoms with Crippen molar-refractivity contribution in [2.24, 2.45) is 0 Å². The van der Waals surface area contributed by atoms with E-state index in [4.69, 9.17) is 4.74 Å². The molecular formula is C20H21N3O2. The van der Waals surface area contributed by atoms with Crippen LogP contribution in [0.1, 0.15) is 11.1 Å². The first-order valence-electron chi connectivity index (χ1n) is 8.23. The van der Waals surface area contributed by atoms with Crippen LogP contribution < -0.4 is 10.1 Å². The normalized spacial score (nSPS) is 10.4. The number of nitrogens with zero attached hydrogens (tertiary/aromatic N) is 2. The number of carbonyl (C=O) groups is 1. The summed E-state index contributed by atoms with van der Waals surface area (Å²) in [6.45, 7) is 0.621. The van der Waals surface area contributed by atoms with Gasteiger partial charge >= 0.3 is 0 Å². The molecule has 5 nitrogen and oxygen atoms in total. The number of nitrogens with one attached hydrogen (secondary N) is 1. The Morgan fingerprint density at radius 2 is 1.80 bits per heavy atom. The van der Waals surface area contributed by atoms with Crippen LogP contribution in [0.3, 0.4) is 0 Å². The molecule has 0 unspecified atom stereocenters. The summed E-state index contributed by atoms with van der Waals surface area (Å²) < 4.78 is 6.93. The Morgan fingerprint density at radius 3 is 2.44 bits per heavy atom. The molecule has 128 valence electrons. The van der Waals surface area contributed by atoms with Crippen LogP contribution in [-0.4, -0.2) is 29.3 Å². The smallest absolute Gasteiger partial charge is 0.224 e. The SMILES string of the molecule is COc1ccc(CC(=O)NCCc2ccc(-n3cccn3)cc2)cc1. The van der Waals surface area contributed by atoms with Crippen LogP contribution in [0.2, 0.25) is 0 Å². The van der Waals surface area contributed by atoms with E-state index < -0.39 is 0 Å². The maximum Gasteiger partial charge on any atom is 0.224 e. The predicted molar refractivity (Wildman–Crippen MR) is 97.0 cm³/mol. The van der Waals surface area contributed by atoms with E-state index in [1.54, 1.807) is 13.3 Å². The van der Waals surface area contributed by atoms with Crippen LogP contribution >= 0.6 is 0 Å². The average molecular weight is 335 g/mol. The largest absolute Gasteiger partial charge is 0.497 e. The molecule has 0 spiro atoms. The number of ether oxygens (including phenoxy) is 1. The van der Waals surface area contributed by atoms with Crippen molar-refractivity contribution < 1.29 is 9.53 Å². The van der Waals surface area contributed by atoms with E-state index in [2.05, 4.69) is 22.5 Å². The third-order valence-electron chi connectivity index (χ3n) is 3.96. The van der Waals surface area contributed by atoms with E-state index in [1.807, 2.05) is 53.3 Å². The fourth-order valence-corrected chi connectivity index (χ4v) is 2.57. The molecule has 0 bridgehead atoms. The Labute approximate surface area is 147 Å². The van der Waals surface area contributed by atoms with Gasteiger partial charge in [-0.2, -0.15) is 5.10 Å². The highest BCUT2D eigenvalue weighted by atomic mass is 16.5. The van der Waals surface area contributed by atoms with Crippen molar-refractivity contribution in [3.8, 4) is 11.4 Å².